The summed E-state index contributed by atoms with van der Waals surface area (Å²) in [6.45, 7) is 2.01. The molecule has 0 unspecified atom stereocenters. The first-order chi connectivity index (χ1) is 2.77. The molecule has 0 rings (SSSR count). The van der Waals surface area contributed by atoms with Gasteiger partial charge in [-0.3, -0.25) is 0 Å². The van der Waals surface area contributed by atoms with Gasteiger partial charge in [0.15, 0.2) is 0 Å². The van der Waals surface area contributed by atoms with E-state index in [1.54, 1.807) is 6.92 Å². The van der Waals surface area contributed by atoms with Gasteiger partial charge in [-0.05, 0) is 6.92 Å². The highest BCUT2D eigenvalue weighted by molar-refractivity contribution is 6.32. The van der Waals surface area contributed by atoms with Gasteiger partial charge in [-0.1, -0.05) is 0 Å². The van der Waals surface area contributed by atoms with Gasteiger partial charge in [-0.25, -0.2) is 0 Å². The molecule has 0 aliphatic heterocycles. The first kappa shape index (κ1) is 10.0. The lowest BCUT2D eigenvalue weighted by molar-refractivity contribution is 0.196. The van der Waals surface area contributed by atoms with Crippen LogP contribution < -0.4 is 6.15 Å². The standard InChI is InChI=1S/C2H7BO3.H3N/c1-2-6-3(4)5;/h4-5H,2H2,1H3;1H3. The van der Waals surface area contributed by atoms with E-state index >= 15 is 0 Å². The second-order valence-electron chi connectivity index (χ2n) is 0.782. The minimum absolute atomic E-state index is 0. The number of rotatable bonds is 2. The summed E-state index contributed by atoms with van der Waals surface area (Å²) in [5.41, 5.74) is 0. The van der Waals surface area contributed by atoms with Crippen LogP contribution in [0.4, 0.5) is 0 Å². The van der Waals surface area contributed by atoms with E-state index < -0.39 is 7.32 Å². The smallest absolute Gasteiger partial charge is 0.402 e. The zero-order valence-electron chi connectivity index (χ0n) is 4.29. The van der Waals surface area contributed by atoms with Gasteiger partial charge in [0.25, 0.3) is 0 Å². The molecular weight excluding hydrogens is 96.8 g/mol. The van der Waals surface area contributed by atoms with Gasteiger partial charge in [0.2, 0.25) is 0 Å². The monoisotopic (exact) mass is 107 g/mol. The summed E-state index contributed by atoms with van der Waals surface area (Å²) in [5.74, 6) is 0. The van der Waals surface area contributed by atoms with Crippen molar-refractivity contribution in [1.82, 2.24) is 6.15 Å². The summed E-state index contributed by atoms with van der Waals surface area (Å²) in [5, 5.41) is 15.8. The van der Waals surface area contributed by atoms with Crippen molar-refractivity contribution >= 4 is 7.32 Å². The van der Waals surface area contributed by atoms with Gasteiger partial charge in [-0.2, -0.15) is 0 Å². The summed E-state index contributed by atoms with van der Waals surface area (Å²) in [7, 11) is -1.60. The maximum absolute atomic E-state index is 7.89. The molecule has 0 aliphatic carbocycles. The van der Waals surface area contributed by atoms with E-state index in [1.165, 1.54) is 0 Å². The van der Waals surface area contributed by atoms with Crippen molar-refractivity contribution in [3.05, 3.63) is 0 Å². The van der Waals surface area contributed by atoms with E-state index in [0.717, 1.165) is 0 Å². The molecule has 0 aromatic carbocycles. The number of hydrogen-bond acceptors (Lipinski definition) is 4. The van der Waals surface area contributed by atoms with Gasteiger partial charge < -0.3 is 20.9 Å². The average Bonchev–Trinajstić information content (AvgIpc) is 1.35. The highest BCUT2D eigenvalue weighted by atomic mass is 16.6. The lowest BCUT2D eigenvalue weighted by Crippen LogP contribution is -2.15. The van der Waals surface area contributed by atoms with Crippen LogP contribution >= 0.6 is 0 Å². The third kappa shape index (κ3) is 10.7. The van der Waals surface area contributed by atoms with E-state index in [9.17, 15) is 0 Å². The third-order valence-corrected chi connectivity index (χ3v) is 0.316. The van der Waals surface area contributed by atoms with Crippen LogP contribution in [0.2, 0.25) is 0 Å². The molecule has 0 bridgehead atoms. The molecule has 4 nitrogen and oxygen atoms in total. The fourth-order valence-electron chi connectivity index (χ4n) is 0.149. The Morgan fingerprint density at radius 1 is 1.57 bits per heavy atom. The topological polar surface area (TPSA) is 84.7 Å². The summed E-state index contributed by atoms with van der Waals surface area (Å²) in [6, 6.07) is 0. The van der Waals surface area contributed by atoms with Gasteiger partial charge in [0.1, 0.15) is 0 Å². The molecule has 0 aliphatic rings. The maximum Gasteiger partial charge on any atom is 0.633 e. The maximum atomic E-state index is 7.89. The largest absolute Gasteiger partial charge is 0.633 e. The highest BCUT2D eigenvalue weighted by Gasteiger charge is 2.03. The summed E-state index contributed by atoms with van der Waals surface area (Å²) in [6.07, 6.45) is 0. The molecule has 0 radical (unpaired) electrons. The van der Waals surface area contributed by atoms with Crippen molar-refractivity contribution in [3.63, 3.8) is 0 Å². The first-order valence-corrected chi connectivity index (χ1v) is 1.75. The van der Waals surface area contributed by atoms with E-state index in [-0.39, 0.29) is 6.15 Å². The minimum atomic E-state index is -1.60. The van der Waals surface area contributed by atoms with Crippen LogP contribution in [0.3, 0.4) is 0 Å². The van der Waals surface area contributed by atoms with Crippen LogP contribution in [0.25, 0.3) is 0 Å². The molecule has 0 saturated carbocycles. The van der Waals surface area contributed by atoms with Crippen molar-refractivity contribution in [2.75, 3.05) is 6.61 Å². The van der Waals surface area contributed by atoms with E-state index in [4.69, 9.17) is 10.0 Å². The van der Waals surface area contributed by atoms with Crippen LogP contribution in [0.1, 0.15) is 6.92 Å². The van der Waals surface area contributed by atoms with Crippen LogP contribution in [-0.4, -0.2) is 24.0 Å². The van der Waals surface area contributed by atoms with Crippen molar-refractivity contribution in [2.45, 2.75) is 6.92 Å². The molecule has 0 heterocycles. The SMILES string of the molecule is CCOB(O)O.N. The second-order valence-corrected chi connectivity index (χ2v) is 0.782. The van der Waals surface area contributed by atoms with Crippen molar-refractivity contribution < 1.29 is 14.7 Å². The molecular formula is C2H10BNO3. The lowest BCUT2D eigenvalue weighted by Gasteiger charge is -1.91. The summed E-state index contributed by atoms with van der Waals surface area (Å²) >= 11 is 0. The van der Waals surface area contributed by atoms with Crippen LogP contribution in [0.5, 0.6) is 0 Å². The molecule has 44 valence electrons. The van der Waals surface area contributed by atoms with E-state index in [2.05, 4.69) is 4.65 Å². The Kier molecular flexibility index (Phi) is 8.44. The quantitative estimate of drug-likeness (QED) is 0.401. The summed E-state index contributed by atoms with van der Waals surface area (Å²) < 4.78 is 4.15. The Labute approximate surface area is 42.9 Å². The number of hydrogen-bond donors (Lipinski definition) is 3. The first-order valence-electron chi connectivity index (χ1n) is 1.75. The molecule has 0 saturated heterocycles. The van der Waals surface area contributed by atoms with E-state index in [0.29, 0.717) is 6.61 Å². The molecule has 0 spiro atoms. The van der Waals surface area contributed by atoms with Gasteiger partial charge in [0, 0.05) is 6.61 Å². The van der Waals surface area contributed by atoms with Crippen molar-refractivity contribution in [2.24, 2.45) is 0 Å². The molecule has 0 fully saturated rings. The van der Waals surface area contributed by atoms with Crippen molar-refractivity contribution in [3.8, 4) is 0 Å². The van der Waals surface area contributed by atoms with Gasteiger partial charge in [-0.15, -0.1) is 0 Å². The van der Waals surface area contributed by atoms with Crippen LogP contribution in [0, 0.1) is 0 Å². The Bertz CT molecular complexity index is 34.1. The molecule has 0 aromatic rings. The van der Waals surface area contributed by atoms with Gasteiger partial charge >= 0.3 is 7.32 Å². The molecule has 0 aromatic heterocycles. The lowest BCUT2D eigenvalue weighted by atomic mass is 10.3. The highest BCUT2D eigenvalue weighted by Crippen LogP contribution is 1.69. The molecule has 5 heteroatoms. The van der Waals surface area contributed by atoms with Gasteiger partial charge in [0.05, 0.1) is 0 Å². The third-order valence-electron chi connectivity index (χ3n) is 0.316. The summed E-state index contributed by atoms with van der Waals surface area (Å²) in [4.78, 5) is 0. The molecule has 7 heavy (non-hydrogen) atoms. The predicted molar refractivity (Wildman–Crippen MR) is 26.8 cm³/mol. The Balaban J connectivity index is 0. The molecule has 0 amide bonds. The molecule has 5 N–H and O–H groups in total. The fraction of sp³-hybridized carbons (Fsp3) is 1.00. The second kappa shape index (κ2) is 5.90. The van der Waals surface area contributed by atoms with E-state index in [1.807, 2.05) is 0 Å². The van der Waals surface area contributed by atoms with Crippen LogP contribution in [0.15, 0.2) is 0 Å². The normalized spacial score (nSPS) is 7.29. The molecule has 0 atom stereocenters. The van der Waals surface area contributed by atoms with Crippen molar-refractivity contribution in [1.29, 1.82) is 0 Å². The fourth-order valence-corrected chi connectivity index (χ4v) is 0.149. The minimum Gasteiger partial charge on any atom is -0.402 e. The Morgan fingerprint density at radius 3 is 2.00 bits per heavy atom. The zero-order valence-corrected chi connectivity index (χ0v) is 4.29. The zero-order chi connectivity index (χ0) is 4.99. The predicted octanol–water partition coefficient (Wildman–Crippen LogP) is -0.846. The average molecular weight is 107 g/mol. The van der Waals surface area contributed by atoms with Crippen LogP contribution in [-0.2, 0) is 4.65 Å². The Morgan fingerprint density at radius 2 is 2.00 bits per heavy atom. The Hall–Kier alpha value is -0.0951.